The molecule has 1 N–H and O–H groups in total. The number of hydrogen-bond donors (Lipinski definition) is 1. The van der Waals surface area contributed by atoms with E-state index in [4.69, 9.17) is 0 Å². The highest BCUT2D eigenvalue weighted by Gasteiger charge is 2.20. The summed E-state index contributed by atoms with van der Waals surface area (Å²) in [6, 6.07) is 3.23. The minimum Gasteiger partial charge on any atom is -0.375 e. The van der Waals surface area contributed by atoms with E-state index in [0.717, 1.165) is 11.1 Å². The minimum atomic E-state index is -2.79. The highest BCUT2D eigenvalue weighted by molar-refractivity contribution is 7.09. The maximum atomic E-state index is 13.1. The van der Waals surface area contributed by atoms with E-state index in [1.54, 1.807) is 6.20 Å². The smallest absolute Gasteiger partial charge is 0.270 e. The zero-order valence-electron chi connectivity index (χ0n) is 11.1. The van der Waals surface area contributed by atoms with E-state index >= 15 is 0 Å². The topological polar surface area (TPSA) is 68.1 Å². The van der Waals surface area contributed by atoms with Gasteiger partial charge in [0.25, 0.3) is 12.1 Å². The molecule has 0 saturated heterocycles. The molecule has 0 spiro atoms. The Morgan fingerprint density at radius 2 is 2.24 bits per heavy atom. The molecule has 0 saturated carbocycles. The Labute approximate surface area is 123 Å². The molecule has 1 heterocycles. The van der Waals surface area contributed by atoms with Crippen LogP contribution in [0.5, 0.6) is 0 Å². The van der Waals surface area contributed by atoms with Gasteiger partial charge in [0.1, 0.15) is 5.01 Å². The van der Waals surface area contributed by atoms with Crippen LogP contribution in [0, 0.1) is 10.1 Å². The van der Waals surface area contributed by atoms with Crippen molar-refractivity contribution in [2.24, 2.45) is 0 Å². The predicted molar refractivity (Wildman–Crippen MR) is 76.8 cm³/mol. The lowest BCUT2D eigenvalue weighted by atomic mass is 10.1. The quantitative estimate of drug-likeness (QED) is 0.627. The van der Waals surface area contributed by atoms with Crippen molar-refractivity contribution in [1.29, 1.82) is 0 Å². The van der Waals surface area contributed by atoms with Gasteiger partial charge in [0.05, 0.1) is 11.0 Å². The second-order valence-electron chi connectivity index (χ2n) is 4.30. The van der Waals surface area contributed by atoms with Crippen LogP contribution in [-0.2, 0) is 0 Å². The molecule has 1 unspecified atom stereocenters. The number of nitrogens with zero attached hydrogens (tertiary/aromatic N) is 2. The maximum absolute atomic E-state index is 13.1. The Bertz CT molecular complexity index is 620. The average Bonchev–Trinajstić information content (AvgIpc) is 2.98. The lowest BCUT2D eigenvalue weighted by Gasteiger charge is -2.18. The Balaban J connectivity index is 2.32. The SMILES string of the molecule is CCC(Nc1ccc([N+](=O)[O-])cc1C(F)F)c1nccs1. The van der Waals surface area contributed by atoms with Gasteiger partial charge < -0.3 is 5.32 Å². The lowest BCUT2D eigenvalue weighted by Crippen LogP contribution is -2.11. The van der Waals surface area contributed by atoms with Crippen molar-refractivity contribution in [1.82, 2.24) is 4.98 Å². The number of hydrogen-bond acceptors (Lipinski definition) is 5. The highest BCUT2D eigenvalue weighted by atomic mass is 32.1. The first-order valence-corrected chi connectivity index (χ1v) is 7.13. The molecule has 0 radical (unpaired) electrons. The highest BCUT2D eigenvalue weighted by Crippen LogP contribution is 2.33. The fourth-order valence-electron chi connectivity index (χ4n) is 1.91. The Hall–Kier alpha value is -2.09. The van der Waals surface area contributed by atoms with E-state index in [9.17, 15) is 18.9 Å². The first-order chi connectivity index (χ1) is 10.0. The second kappa shape index (κ2) is 6.57. The largest absolute Gasteiger partial charge is 0.375 e. The van der Waals surface area contributed by atoms with Crippen molar-refractivity contribution in [2.45, 2.75) is 25.8 Å². The van der Waals surface area contributed by atoms with E-state index in [1.807, 2.05) is 12.3 Å². The first kappa shape index (κ1) is 15.3. The van der Waals surface area contributed by atoms with E-state index in [0.29, 0.717) is 6.42 Å². The molecule has 21 heavy (non-hydrogen) atoms. The molecule has 0 aliphatic heterocycles. The van der Waals surface area contributed by atoms with Crippen LogP contribution in [-0.4, -0.2) is 9.91 Å². The van der Waals surface area contributed by atoms with Crippen molar-refractivity contribution in [3.63, 3.8) is 0 Å². The van der Waals surface area contributed by atoms with Crippen molar-refractivity contribution in [2.75, 3.05) is 5.32 Å². The molecular weight excluding hydrogens is 300 g/mol. The van der Waals surface area contributed by atoms with Crippen molar-refractivity contribution < 1.29 is 13.7 Å². The van der Waals surface area contributed by atoms with Gasteiger partial charge in [-0.3, -0.25) is 10.1 Å². The molecule has 0 fully saturated rings. The fraction of sp³-hybridized carbons (Fsp3) is 0.308. The van der Waals surface area contributed by atoms with Crippen LogP contribution in [0.2, 0.25) is 0 Å². The van der Waals surface area contributed by atoms with Gasteiger partial charge in [0.15, 0.2) is 0 Å². The van der Waals surface area contributed by atoms with E-state index < -0.39 is 11.3 Å². The van der Waals surface area contributed by atoms with Gasteiger partial charge in [0, 0.05) is 35.0 Å². The van der Waals surface area contributed by atoms with Gasteiger partial charge >= 0.3 is 0 Å². The molecule has 1 aromatic heterocycles. The number of nitro benzene ring substituents is 1. The number of aromatic nitrogens is 1. The third-order valence-corrected chi connectivity index (χ3v) is 3.86. The molecule has 112 valence electrons. The van der Waals surface area contributed by atoms with Crippen molar-refractivity contribution in [3.8, 4) is 0 Å². The first-order valence-electron chi connectivity index (χ1n) is 6.25. The summed E-state index contributed by atoms with van der Waals surface area (Å²) in [7, 11) is 0. The summed E-state index contributed by atoms with van der Waals surface area (Å²) in [6.45, 7) is 1.91. The third-order valence-electron chi connectivity index (χ3n) is 2.97. The van der Waals surface area contributed by atoms with Crippen molar-refractivity contribution >= 4 is 22.7 Å². The molecule has 2 aromatic rings. The maximum Gasteiger partial charge on any atom is 0.270 e. The van der Waals surface area contributed by atoms with E-state index in [1.165, 1.54) is 23.5 Å². The number of halogens is 2. The van der Waals surface area contributed by atoms with Crippen LogP contribution < -0.4 is 5.32 Å². The van der Waals surface area contributed by atoms with Crippen molar-refractivity contribution in [3.05, 3.63) is 50.5 Å². The van der Waals surface area contributed by atoms with Gasteiger partial charge in [-0.2, -0.15) is 0 Å². The van der Waals surface area contributed by atoms with Gasteiger partial charge in [0.2, 0.25) is 0 Å². The molecule has 0 aliphatic rings. The van der Waals surface area contributed by atoms with Crippen LogP contribution in [0.25, 0.3) is 0 Å². The zero-order valence-corrected chi connectivity index (χ0v) is 11.9. The molecule has 0 bridgehead atoms. The Kier molecular flexibility index (Phi) is 4.79. The van der Waals surface area contributed by atoms with Crippen LogP contribution >= 0.6 is 11.3 Å². The van der Waals surface area contributed by atoms with Gasteiger partial charge in [-0.1, -0.05) is 6.92 Å². The molecule has 1 aromatic carbocycles. The second-order valence-corrected chi connectivity index (χ2v) is 5.23. The summed E-state index contributed by atoms with van der Waals surface area (Å²) in [4.78, 5) is 14.2. The van der Waals surface area contributed by atoms with Crippen LogP contribution in [0.1, 0.15) is 36.4 Å². The summed E-state index contributed by atoms with van der Waals surface area (Å²) in [5.74, 6) is 0. The molecule has 0 amide bonds. The Morgan fingerprint density at radius 1 is 1.48 bits per heavy atom. The number of alkyl halides is 2. The number of rotatable bonds is 6. The number of nitrogens with one attached hydrogen (secondary N) is 1. The predicted octanol–water partition coefficient (Wildman–Crippen LogP) is 4.55. The third kappa shape index (κ3) is 3.52. The zero-order chi connectivity index (χ0) is 15.4. The number of non-ortho nitro benzene ring substituents is 1. The minimum absolute atomic E-state index is 0.192. The van der Waals surface area contributed by atoms with Crippen LogP contribution in [0.15, 0.2) is 29.8 Å². The van der Waals surface area contributed by atoms with Gasteiger partial charge in [-0.15, -0.1) is 11.3 Å². The van der Waals surface area contributed by atoms with E-state index in [2.05, 4.69) is 10.3 Å². The monoisotopic (exact) mass is 313 g/mol. The molecule has 1 atom stereocenters. The summed E-state index contributed by atoms with van der Waals surface area (Å²) in [6.07, 6.45) is -0.484. The standard InChI is InChI=1S/C13H13F2N3O2S/c1-2-10(13-16-5-6-21-13)17-11-4-3-8(18(19)20)7-9(11)12(14)15/h3-7,10,12,17H,2H2,1H3. The summed E-state index contributed by atoms with van der Waals surface area (Å²) < 4.78 is 26.2. The average molecular weight is 313 g/mol. The molecular formula is C13H13F2N3O2S. The number of anilines is 1. The summed E-state index contributed by atoms with van der Waals surface area (Å²) >= 11 is 1.43. The number of nitro groups is 1. The summed E-state index contributed by atoms with van der Waals surface area (Å²) in [5.41, 5.74) is -0.532. The number of thiazole rings is 1. The van der Waals surface area contributed by atoms with E-state index in [-0.39, 0.29) is 23.0 Å². The molecule has 0 aliphatic carbocycles. The Morgan fingerprint density at radius 3 is 2.76 bits per heavy atom. The molecule has 8 heteroatoms. The fourth-order valence-corrected chi connectivity index (χ4v) is 2.68. The van der Waals surface area contributed by atoms with Gasteiger partial charge in [-0.25, -0.2) is 13.8 Å². The molecule has 2 rings (SSSR count). The summed E-state index contributed by atoms with van der Waals surface area (Å²) in [5, 5.41) is 16.3. The van der Waals surface area contributed by atoms with Crippen LogP contribution in [0.4, 0.5) is 20.2 Å². The normalized spacial score (nSPS) is 12.4. The molecule has 5 nitrogen and oxygen atoms in total. The number of benzene rings is 1. The van der Waals surface area contributed by atoms with Gasteiger partial charge in [-0.05, 0) is 12.5 Å². The van der Waals surface area contributed by atoms with Crippen LogP contribution in [0.3, 0.4) is 0 Å². The lowest BCUT2D eigenvalue weighted by molar-refractivity contribution is -0.385.